The van der Waals surface area contributed by atoms with Gasteiger partial charge in [0.05, 0.1) is 12.9 Å². The fourth-order valence-corrected chi connectivity index (χ4v) is 1.78. The number of anilines is 1. The molecule has 0 aliphatic heterocycles. The van der Waals surface area contributed by atoms with E-state index in [9.17, 15) is 4.39 Å². The van der Waals surface area contributed by atoms with E-state index in [4.69, 9.17) is 4.74 Å². The van der Waals surface area contributed by atoms with Crippen LogP contribution >= 0.6 is 0 Å². The van der Waals surface area contributed by atoms with E-state index >= 15 is 0 Å². The van der Waals surface area contributed by atoms with E-state index in [1.165, 1.54) is 13.8 Å². The highest BCUT2D eigenvalue weighted by molar-refractivity contribution is 5.58. The van der Waals surface area contributed by atoms with Gasteiger partial charge in [0.1, 0.15) is 12.4 Å². The van der Waals surface area contributed by atoms with Crippen molar-refractivity contribution in [2.45, 2.75) is 19.5 Å². The number of para-hydroxylation sites is 1. The van der Waals surface area contributed by atoms with Gasteiger partial charge in [0.25, 0.3) is 5.95 Å². The molecule has 0 unspecified atom stereocenters. The molecule has 0 amide bonds. The van der Waals surface area contributed by atoms with Gasteiger partial charge in [-0.2, -0.15) is 15.0 Å². The topological polar surface area (TPSA) is 75.5 Å². The van der Waals surface area contributed by atoms with E-state index in [-0.39, 0.29) is 17.7 Å². The van der Waals surface area contributed by atoms with Crippen LogP contribution in [0.3, 0.4) is 0 Å². The first-order valence-electron chi connectivity index (χ1n) is 7.92. The zero-order valence-corrected chi connectivity index (χ0v) is 14.9. The van der Waals surface area contributed by atoms with Crippen LogP contribution in [0.15, 0.2) is 35.3 Å². The number of halogens is 1. The average Bonchev–Trinajstić information content (AvgIpc) is 2.57. The van der Waals surface area contributed by atoms with Crippen molar-refractivity contribution in [3.05, 3.63) is 36.2 Å². The van der Waals surface area contributed by atoms with Crippen molar-refractivity contribution in [2.75, 3.05) is 32.6 Å². The summed E-state index contributed by atoms with van der Waals surface area (Å²) < 4.78 is 19.8. The molecule has 25 heavy (non-hydrogen) atoms. The summed E-state index contributed by atoms with van der Waals surface area (Å²) >= 11 is 0. The van der Waals surface area contributed by atoms with Gasteiger partial charge in [0, 0.05) is 14.1 Å². The summed E-state index contributed by atoms with van der Waals surface area (Å²) in [5.74, 6) is 1.22. The number of nitrogens with zero attached hydrogens (tertiary/aromatic N) is 5. The Morgan fingerprint density at radius 3 is 2.56 bits per heavy atom. The predicted molar refractivity (Wildman–Crippen MR) is 96.2 cm³/mol. The molecule has 0 saturated heterocycles. The van der Waals surface area contributed by atoms with Crippen molar-refractivity contribution in [3.63, 3.8) is 0 Å². The molecule has 8 heteroatoms. The third-order valence-corrected chi connectivity index (χ3v) is 2.96. The molecule has 0 atom stereocenters. The van der Waals surface area contributed by atoms with Gasteiger partial charge in [-0.1, -0.05) is 18.2 Å². The highest BCUT2D eigenvalue weighted by Gasteiger charge is 2.24. The molecule has 0 saturated carbocycles. The Bertz CT molecular complexity index is 700. The van der Waals surface area contributed by atoms with Crippen LogP contribution in [-0.2, 0) is 5.67 Å². The van der Waals surface area contributed by atoms with Crippen LogP contribution in [0.25, 0.3) is 0 Å². The summed E-state index contributed by atoms with van der Waals surface area (Å²) in [5.41, 5.74) is -1.69. The summed E-state index contributed by atoms with van der Waals surface area (Å²) in [5, 5.41) is 3.01. The van der Waals surface area contributed by atoms with Gasteiger partial charge >= 0.3 is 0 Å². The zero-order chi connectivity index (χ0) is 18.3. The summed E-state index contributed by atoms with van der Waals surface area (Å²) in [6, 6.07) is 9.48. The molecule has 0 spiro atoms. The Morgan fingerprint density at radius 1 is 1.20 bits per heavy atom. The molecule has 2 rings (SSSR count). The average molecular weight is 346 g/mol. The molecule has 0 bridgehead atoms. The van der Waals surface area contributed by atoms with Crippen LogP contribution in [0.4, 0.5) is 16.3 Å². The van der Waals surface area contributed by atoms with E-state index in [1.54, 1.807) is 11.2 Å². The highest BCUT2D eigenvalue weighted by atomic mass is 19.1. The van der Waals surface area contributed by atoms with Gasteiger partial charge in [-0.3, -0.25) is 0 Å². The van der Waals surface area contributed by atoms with Crippen LogP contribution in [0, 0.1) is 0 Å². The Balaban J connectivity index is 2.04. The van der Waals surface area contributed by atoms with Crippen LogP contribution in [0.2, 0.25) is 0 Å². The number of nitrogens with one attached hydrogen (secondary N) is 1. The minimum absolute atomic E-state index is 0.0277. The molecule has 0 fully saturated rings. The Labute approximate surface area is 147 Å². The maximum absolute atomic E-state index is 14.2. The number of aromatic nitrogens is 3. The minimum atomic E-state index is -1.69. The molecular formula is C17H23FN6O. The summed E-state index contributed by atoms with van der Waals surface area (Å²) in [7, 11) is 3.65. The van der Waals surface area contributed by atoms with Crippen molar-refractivity contribution < 1.29 is 9.13 Å². The smallest absolute Gasteiger partial charge is 0.255 e. The van der Waals surface area contributed by atoms with Crippen LogP contribution in [0.5, 0.6) is 5.75 Å². The molecule has 0 aliphatic rings. The lowest BCUT2D eigenvalue weighted by Crippen LogP contribution is -2.19. The van der Waals surface area contributed by atoms with Gasteiger partial charge in [-0.05, 0) is 26.0 Å². The second-order valence-corrected chi connectivity index (χ2v) is 6.05. The van der Waals surface area contributed by atoms with E-state index in [1.807, 2.05) is 44.4 Å². The lowest BCUT2D eigenvalue weighted by molar-refractivity contribution is 0.206. The molecule has 1 aromatic carbocycles. The van der Waals surface area contributed by atoms with Crippen molar-refractivity contribution in [2.24, 2.45) is 4.99 Å². The molecule has 1 aromatic heterocycles. The molecule has 134 valence electrons. The third kappa shape index (κ3) is 6.33. The Hall–Kier alpha value is -2.77. The quantitative estimate of drug-likeness (QED) is 0.450. The molecule has 0 aliphatic carbocycles. The standard InChI is InChI=1S/C17H23FN6O/c1-17(2,18)14-21-15(23-16(22-14)20-12-24(3)4)19-10-11-25-13-8-6-5-7-9-13/h5-9,12H,10-11H2,1-4H3,(H,19,21,22,23)/b20-12+. The number of benzene rings is 1. The number of alkyl halides is 1. The molecule has 1 heterocycles. The first-order valence-corrected chi connectivity index (χ1v) is 7.92. The number of rotatable bonds is 8. The van der Waals surface area contributed by atoms with Gasteiger partial charge in [0.15, 0.2) is 11.5 Å². The summed E-state index contributed by atoms with van der Waals surface area (Å²) in [6.07, 6.45) is 1.55. The molecule has 7 nitrogen and oxygen atoms in total. The van der Waals surface area contributed by atoms with E-state index in [0.29, 0.717) is 13.2 Å². The van der Waals surface area contributed by atoms with Gasteiger partial charge in [-0.15, -0.1) is 0 Å². The normalized spacial score (nSPS) is 11.6. The predicted octanol–water partition coefficient (Wildman–Crippen LogP) is 2.79. The Kier molecular flexibility index (Phi) is 6.21. The molecule has 0 radical (unpaired) electrons. The van der Waals surface area contributed by atoms with Crippen molar-refractivity contribution in [3.8, 4) is 5.75 Å². The minimum Gasteiger partial charge on any atom is -0.492 e. The SMILES string of the molecule is CN(C)/C=N/c1nc(NCCOc2ccccc2)nc(C(C)(C)F)n1. The van der Waals surface area contributed by atoms with Gasteiger partial charge < -0.3 is 15.0 Å². The lowest BCUT2D eigenvalue weighted by atomic mass is 10.1. The van der Waals surface area contributed by atoms with Gasteiger partial charge in [0.2, 0.25) is 5.95 Å². The van der Waals surface area contributed by atoms with E-state index < -0.39 is 5.67 Å². The van der Waals surface area contributed by atoms with Crippen LogP contribution < -0.4 is 10.1 Å². The number of aliphatic imine (C=N–C) groups is 1. The van der Waals surface area contributed by atoms with Crippen molar-refractivity contribution >= 4 is 18.2 Å². The lowest BCUT2D eigenvalue weighted by Gasteiger charge is -2.14. The van der Waals surface area contributed by atoms with Gasteiger partial charge in [-0.25, -0.2) is 9.38 Å². The zero-order valence-electron chi connectivity index (χ0n) is 14.9. The summed E-state index contributed by atoms with van der Waals surface area (Å²) in [6.45, 7) is 3.66. The molecule has 2 aromatic rings. The second kappa shape index (κ2) is 8.36. The summed E-state index contributed by atoms with van der Waals surface area (Å²) in [4.78, 5) is 18.2. The first kappa shape index (κ1) is 18.6. The molecular weight excluding hydrogens is 323 g/mol. The number of hydrogen-bond donors (Lipinski definition) is 1. The fraction of sp³-hybridized carbons (Fsp3) is 0.412. The van der Waals surface area contributed by atoms with Crippen LogP contribution in [0.1, 0.15) is 19.7 Å². The largest absolute Gasteiger partial charge is 0.492 e. The Morgan fingerprint density at radius 2 is 1.92 bits per heavy atom. The van der Waals surface area contributed by atoms with E-state index in [0.717, 1.165) is 5.75 Å². The maximum atomic E-state index is 14.2. The number of hydrogen-bond acceptors (Lipinski definition) is 6. The first-order chi connectivity index (χ1) is 11.8. The third-order valence-electron chi connectivity index (χ3n) is 2.96. The maximum Gasteiger partial charge on any atom is 0.255 e. The van der Waals surface area contributed by atoms with Crippen molar-refractivity contribution in [1.29, 1.82) is 0 Å². The number of ether oxygens (including phenoxy) is 1. The highest BCUT2D eigenvalue weighted by Crippen LogP contribution is 2.23. The van der Waals surface area contributed by atoms with Crippen LogP contribution in [-0.4, -0.2) is 53.4 Å². The van der Waals surface area contributed by atoms with E-state index in [2.05, 4.69) is 25.3 Å². The monoisotopic (exact) mass is 346 g/mol. The molecule has 1 N–H and O–H groups in total. The fourth-order valence-electron chi connectivity index (χ4n) is 1.78. The second-order valence-electron chi connectivity index (χ2n) is 6.05. The van der Waals surface area contributed by atoms with Crippen molar-refractivity contribution in [1.82, 2.24) is 19.9 Å².